The van der Waals surface area contributed by atoms with E-state index < -0.39 is 0 Å². The van der Waals surface area contributed by atoms with Gasteiger partial charge in [-0.1, -0.05) is 36.7 Å². The summed E-state index contributed by atoms with van der Waals surface area (Å²) in [7, 11) is 1.72. The maximum Gasteiger partial charge on any atom is 0.258 e. The summed E-state index contributed by atoms with van der Waals surface area (Å²) in [6, 6.07) is 7.84. The van der Waals surface area contributed by atoms with Gasteiger partial charge < -0.3 is 10.2 Å². The molecule has 1 saturated heterocycles. The fraction of sp³-hybridized carbons (Fsp3) is 0.450. The van der Waals surface area contributed by atoms with Gasteiger partial charge >= 0.3 is 0 Å². The normalized spacial score (nSPS) is 14.9. The first-order valence-corrected chi connectivity index (χ1v) is 9.87. The van der Waals surface area contributed by atoms with Gasteiger partial charge in [0.05, 0.1) is 17.8 Å². The second kappa shape index (κ2) is 8.75. The van der Waals surface area contributed by atoms with Crippen LogP contribution in [0, 0.1) is 6.92 Å². The van der Waals surface area contributed by atoms with Crippen molar-refractivity contribution in [3.8, 4) is 0 Å². The summed E-state index contributed by atoms with van der Waals surface area (Å²) in [5.74, 6) is -0.136. The van der Waals surface area contributed by atoms with Crippen molar-refractivity contribution in [2.75, 3.05) is 38.0 Å². The number of aromatic nitrogens is 2. The average molecular weight is 404 g/mol. The number of rotatable bonds is 5. The zero-order valence-corrected chi connectivity index (χ0v) is 17.3. The third kappa shape index (κ3) is 4.36. The van der Waals surface area contributed by atoms with Crippen molar-refractivity contribution < 1.29 is 9.59 Å². The minimum absolute atomic E-state index is 0.0353. The van der Waals surface area contributed by atoms with E-state index in [1.165, 1.54) is 4.68 Å². The first kappa shape index (κ1) is 20.4. The van der Waals surface area contributed by atoms with Gasteiger partial charge in [-0.25, -0.2) is 0 Å². The number of aryl methyl sites for hydroxylation is 3. The summed E-state index contributed by atoms with van der Waals surface area (Å²) in [5, 5.41) is 7.57. The molecule has 1 aliphatic heterocycles. The topological polar surface area (TPSA) is 70.5 Å². The van der Waals surface area contributed by atoms with Crippen LogP contribution in [0.5, 0.6) is 0 Å². The second-order valence-corrected chi connectivity index (χ2v) is 7.36. The van der Waals surface area contributed by atoms with Crippen molar-refractivity contribution in [3.63, 3.8) is 0 Å². The molecule has 0 radical (unpaired) electrons. The van der Waals surface area contributed by atoms with Crippen LogP contribution in [0.15, 0.2) is 24.3 Å². The summed E-state index contributed by atoms with van der Waals surface area (Å²) < 4.78 is 1.51. The molecule has 150 valence electrons. The summed E-state index contributed by atoms with van der Waals surface area (Å²) in [6.45, 7) is 6.57. The second-order valence-electron chi connectivity index (χ2n) is 7.00. The van der Waals surface area contributed by atoms with Gasteiger partial charge in [0.25, 0.3) is 5.91 Å². The molecule has 7 nitrogen and oxygen atoms in total. The standard InChI is InChI=1S/C20H26ClN5O2/c1-4-15-7-5-6-8-16(15)22-17(27)13-25-9-11-26(12-10-25)20(28)18-14(2)23-24(3)19(18)21/h5-8H,4,9-13H2,1-3H3,(H,22,27). The lowest BCUT2D eigenvalue weighted by Gasteiger charge is -2.34. The number of halogens is 1. The van der Waals surface area contributed by atoms with Crippen LogP contribution < -0.4 is 5.32 Å². The molecule has 1 aromatic heterocycles. The minimum atomic E-state index is -0.100. The minimum Gasteiger partial charge on any atom is -0.336 e. The molecule has 2 amide bonds. The molecule has 1 aliphatic rings. The van der Waals surface area contributed by atoms with E-state index in [9.17, 15) is 9.59 Å². The van der Waals surface area contributed by atoms with Crippen molar-refractivity contribution in [3.05, 3.63) is 46.2 Å². The van der Waals surface area contributed by atoms with Crippen LogP contribution in [0.25, 0.3) is 0 Å². The Bertz CT molecular complexity index is 871. The summed E-state index contributed by atoms with van der Waals surface area (Å²) in [5.41, 5.74) is 3.08. The molecule has 28 heavy (non-hydrogen) atoms. The first-order valence-electron chi connectivity index (χ1n) is 9.49. The molecule has 0 unspecified atom stereocenters. The highest BCUT2D eigenvalue weighted by atomic mass is 35.5. The Morgan fingerprint density at radius 3 is 2.46 bits per heavy atom. The molecule has 1 aromatic carbocycles. The molecule has 2 aromatic rings. The fourth-order valence-corrected chi connectivity index (χ4v) is 3.74. The molecule has 1 N–H and O–H groups in total. The van der Waals surface area contributed by atoms with Crippen molar-refractivity contribution >= 4 is 29.1 Å². The number of para-hydroxylation sites is 1. The fourth-order valence-electron chi connectivity index (χ4n) is 3.48. The van der Waals surface area contributed by atoms with E-state index in [2.05, 4.69) is 22.2 Å². The van der Waals surface area contributed by atoms with Crippen LogP contribution in [0.3, 0.4) is 0 Å². The third-order valence-electron chi connectivity index (χ3n) is 5.07. The number of amides is 2. The number of hydrogen-bond acceptors (Lipinski definition) is 4. The van der Waals surface area contributed by atoms with E-state index in [4.69, 9.17) is 11.6 Å². The predicted octanol–water partition coefficient (Wildman–Crippen LogP) is 2.34. The molecular weight excluding hydrogens is 378 g/mol. The lowest BCUT2D eigenvalue weighted by molar-refractivity contribution is -0.117. The Morgan fingerprint density at radius 1 is 1.18 bits per heavy atom. The molecule has 0 atom stereocenters. The third-order valence-corrected chi connectivity index (χ3v) is 5.50. The molecule has 0 saturated carbocycles. The Balaban J connectivity index is 1.54. The van der Waals surface area contributed by atoms with Gasteiger partial charge in [0, 0.05) is 38.9 Å². The molecule has 1 fully saturated rings. The predicted molar refractivity (Wildman–Crippen MR) is 110 cm³/mol. The molecule has 0 bridgehead atoms. The monoisotopic (exact) mass is 403 g/mol. The van der Waals surface area contributed by atoms with Crippen molar-refractivity contribution in [1.82, 2.24) is 19.6 Å². The average Bonchev–Trinajstić information content (AvgIpc) is 2.94. The Labute approximate surface area is 170 Å². The Morgan fingerprint density at radius 2 is 1.86 bits per heavy atom. The summed E-state index contributed by atoms with van der Waals surface area (Å²) >= 11 is 6.22. The Hall–Kier alpha value is -2.38. The number of carbonyl (C=O) groups excluding carboxylic acids is 2. The molecule has 3 rings (SSSR count). The number of anilines is 1. The van der Waals surface area contributed by atoms with Gasteiger partial charge in [0.2, 0.25) is 5.91 Å². The maximum atomic E-state index is 12.8. The van der Waals surface area contributed by atoms with Crippen LogP contribution in [-0.4, -0.2) is 64.1 Å². The smallest absolute Gasteiger partial charge is 0.258 e. The lowest BCUT2D eigenvalue weighted by atomic mass is 10.1. The van der Waals surface area contributed by atoms with Gasteiger partial charge in [-0.15, -0.1) is 0 Å². The number of hydrogen-bond donors (Lipinski definition) is 1. The highest BCUT2D eigenvalue weighted by Gasteiger charge is 2.27. The van der Waals surface area contributed by atoms with Crippen LogP contribution in [0.4, 0.5) is 5.69 Å². The Kier molecular flexibility index (Phi) is 6.36. The first-order chi connectivity index (χ1) is 13.4. The van der Waals surface area contributed by atoms with Crippen molar-refractivity contribution in [2.45, 2.75) is 20.3 Å². The van der Waals surface area contributed by atoms with E-state index in [-0.39, 0.29) is 11.8 Å². The van der Waals surface area contributed by atoms with E-state index in [1.54, 1.807) is 18.9 Å². The van der Waals surface area contributed by atoms with Gasteiger partial charge in [-0.05, 0) is 25.0 Å². The largest absolute Gasteiger partial charge is 0.336 e. The van der Waals surface area contributed by atoms with Crippen molar-refractivity contribution in [2.24, 2.45) is 7.05 Å². The molecule has 2 heterocycles. The zero-order valence-electron chi connectivity index (χ0n) is 16.5. The zero-order chi connectivity index (χ0) is 20.3. The highest BCUT2D eigenvalue weighted by Crippen LogP contribution is 2.21. The van der Waals surface area contributed by atoms with E-state index in [1.807, 2.05) is 24.3 Å². The van der Waals surface area contributed by atoms with E-state index in [0.717, 1.165) is 17.7 Å². The number of nitrogens with zero attached hydrogens (tertiary/aromatic N) is 4. The molecular formula is C20H26ClN5O2. The van der Waals surface area contributed by atoms with Crippen LogP contribution >= 0.6 is 11.6 Å². The van der Waals surface area contributed by atoms with Crippen molar-refractivity contribution in [1.29, 1.82) is 0 Å². The molecule has 0 aliphatic carbocycles. The maximum absolute atomic E-state index is 12.8. The van der Waals surface area contributed by atoms with Gasteiger partial charge in [0.15, 0.2) is 0 Å². The number of carbonyl (C=O) groups is 2. The van der Waals surface area contributed by atoms with Gasteiger partial charge in [-0.3, -0.25) is 19.2 Å². The number of benzene rings is 1. The van der Waals surface area contributed by atoms with E-state index in [0.29, 0.717) is 49.1 Å². The van der Waals surface area contributed by atoms with Crippen LogP contribution in [0.1, 0.15) is 28.5 Å². The number of nitrogens with one attached hydrogen (secondary N) is 1. The van der Waals surface area contributed by atoms with Gasteiger partial charge in [0.1, 0.15) is 5.15 Å². The molecule has 0 spiro atoms. The quantitative estimate of drug-likeness (QED) is 0.831. The lowest BCUT2D eigenvalue weighted by Crippen LogP contribution is -2.50. The van der Waals surface area contributed by atoms with Crippen LogP contribution in [-0.2, 0) is 18.3 Å². The van der Waals surface area contributed by atoms with Gasteiger partial charge in [-0.2, -0.15) is 5.10 Å². The summed E-state index contributed by atoms with van der Waals surface area (Å²) in [4.78, 5) is 29.0. The van der Waals surface area contributed by atoms with E-state index >= 15 is 0 Å². The SMILES string of the molecule is CCc1ccccc1NC(=O)CN1CCN(C(=O)c2c(C)nn(C)c2Cl)CC1. The summed E-state index contributed by atoms with van der Waals surface area (Å²) in [6.07, 6.45) is 0.869. The van der Waals surface area contributed by atoms with Crippen LogP contribution in [0.2, 0.25) is 5.15 Å². The number of piperazine rings is 1. The molecule has 8 heteroatoms. The highest BCUT2D eigenvalue weighted by molar-refractivity contribution is 6.33.